The zero-order valence-electron chi connectivity index (χ0n) is 12.2. The fourth-order valence-electron chi connectivity index (χ4n) is 2.06. The van der Waals surface area contributed by atoms with E-state index >= 15 is 0 Å². The average Bonchev–Trinajstić information content (AvgIpc) is 2.43. The maximum absolute atomic E-state index is 13.0. The highest BCUT2D eigenvalue weighted by Crippen LogP contribution is 2.15. The number of anilines is 1. The van der Waals surface area contributed by atoms with E-state index in [1.165, 1.54) is 12.1 Å². The van der Waals surface area contributed by atoms with Gasteiger partial charge in [0.2, 0.25) is 0 Å². The lowest BCUT2D eigenvalue weighted by Crippen LogP contribution is -2.44. The predicted octanol–water partition coefficient (Wildman–Crippen LogP) is 2.67. The lowest BCUT2D eigenvalue weighted by Gasteiger charge is -2.28. The van der Waals surface area contributed by atoms with Crippen molar-refractivity contribution < 1.29 is 9.13 Å². The summed E-state index contributed by atoms with van der Waals surface area (Å²) in [6.07, 6.45) is 1.10. The summed E-state index contributed by atoms with van der Waals surface area (Å²) in [5.74, 6) is -0.197. The second-order valence-electron chi connectivity index (χ2n) is 4.62. The van der Waals surface area contributed by atoms with E-state index in [4.69, 9.17) is 4.74 Å². The van der Waals surface area contributed by atoms with Crippen molar-refractivity contribution in [3.8, 4) is 0 Å². The Bertz CT molecular complexity index is 343. The quantitative estimate of drug-likeness (QED) is 0.745. The van der Waals surface area contributed by atoms with Crippen LogP contribution in [-0.4, -0.2) is 39.4 Å². The highest BCUT2D eigenvalue weighted by atomic mass is 19.1. The van der Waals surface area contributed by atoms with Gasteiger partial charge in [-0.15, -0.1) is 0 Å². The van der Waals surface area contributed by atoms with Gasteiger partial charge in [0.15, 0.2) is 0 Å². The Morgan fingerprint density at radius 2 is 1.95 bits per heavy atom. The SMILES string of the molecule is CCCNC(COC)CN(CC)c1ccc(F)cc1. The monoisotopic (exact) mass is 268 g/mol. The Morgan fingerprint density at radius 1 is 1.26 bits per heavy atom. The molecule has 0 saturated carbocycles. The van der Waals surface area contributed by atoms with Crippen molar-refractivity contribution in [3.63, 3.8) is 0 Å². The van der Waals surface area contributed by atoms with E-state index < -0.39 is 0 Å². The van der Waals surface area contributed by atoms with Gasteiger partial charge in [0.05, 0.1) is 6.61 Å². The van der Waals surface area contributed by atoms with Gasteiger partial charge in [-0.05, 0) is 44.2 Å². The van der Waals surface area contributed by atoms with E-state index in [-0.39, 0.29) is 11.9 Å². The molecule has 0 spiro atoms. The van der Waals surface area contributed by atoms with Crippen LogP contribution in [0, 0.1) is 5.82 Å². The molecule has 0 saturated heterocycles. The lowest BCUT2D eigenvalue weighted by molar-refractivity contribution is 0.168. The number of hydrogen-bond donors (Lipinski definition) is 1. The van der Waals surface area contributed by atoms with E-state index in [1.54, 1.807) is 7.11 Å². The molecule has 4 heteroatoms. The normalized spacial score (nSPS) is 12.4. The van der Waals surface area contributed by atoms with Crippen molar-refractivity contribution in [2.45, 2.75) is 26.3 Å². The highest BCUT2D eigenvalue weighted by Gasteiger charge is 2.13. The molecule has 1 atom stereocenters. The number of hydrogen-bond acceptors (Lipinski definition) is 3. The minimum Gasteiger partial charge on any atom is -0.383 e. The Morgan fingerprint density at radius 3 is 2.47 bits per heavy atom. The predicted molar refractivity (Wildman–Crippen MR) is 78.2 cm³/mol. The second kappa shape index (κ2) is 8.88. The Kier molecular flexibility index (Phi) is 7.45. The van der Waals surface area contributed by atoms with Gasteiger partial charge >= 0.3 is 0 Å². The van der Waals surface area contributed by atoms with Crippen LogP contribution in [0.25, 0.3) is 0 Å². The topological polar surface area (TPSA) is 24.5 Å². The summed E-state index contributed by atoms with van der Waals surface area (Å²) in [6, 6.07) is 6.94. The molecule has 0 amide bonds. The maximum atomic E-state index is 13.0. The molecule has 0 radical (unpaired) electrons. The Labute approximate surface area is 115 Å². The van der Waals surface area contributed by atoms with Crippen LogP contribution in [0.15, 0.2) is 24.3 Å². The van der Waals surface area contributed by atoms with Crippen molar-refractivity contribution in [1.29, 1.82) is 0 Å². The van der Waals surface area contributed by atoms with Crippen molar-refractivity contribution in [2.75, 3.05) is 38.3 Å². The first-order valence-electron chi connectivity index (χ1n) is 6.94. The summed E-state index contributed by atoms with van der Waals surface area (Å²) in [5, 5.41) is 3.48. The summed E-state index contributed by atoms with van der Waals surface area (Å²) >= 11 is 0. The van der Waals surface area contributed by atoms with Gasteiger partial charge in [-0.25, -0.2) is 4.39 Å². The van der Waals surface area contributed by atoms with Crippen LogP contribution in [0.1, 0.15) is 20.3 Å². The number of likely N-dealkylation sites (N-methyl/N-ethyl adjacent to an activating group) is 1. The minimum atomic E-state index is -0.197. The molecule has 0 heterocycles. The van der Waals surface area contributed by atoms with E-state index in [0.717, 1.165) is 31.7 Å². The summed E-state index contributed by atoms with van der Waals surface area (Å²) in [5.41, 5.74) is 1.04. The molecule has 0 aromatic heterocycles. The second-order valence-corrected chi connectivity index (χ2v) is 4.62. The van der Waals surface area contributed by atoms with E-state index in [9.17, 15) is 4.39 Å². The number of methoxy groups -OCH3 is 1. The summed E-state index contributed by atoms with van der Waals surface area (Å²) in [4.78, 5) is 2.23. The molecule has 1 N–H and O–H groups in total. The van der Waals surface area contributed by atoms with Gasteiger partial charge < -0.3 is 15.0 Å². The van der Waals surface area contributed by atoms with Crippen LogP contribution in [0.3, 0.4) is 0 Å². The first kappa shape index (κ1) is 15.9. The Hall–Kier alpha value is -1.13. The number of benzene rings is 1. The number of nitrogens with one attached hydrogen (secondary N) is 1. The van der Waals surface area contributed by atoms with Crippen LogP contribution in [0.5, 0.6) is 0 Å². The zero-order chi connectivity index (χ0) is 14.1. The molecular formula is C15H25FN2O. The lowest BCUT2D eigenvalue weighted by atomic mass is 10.2. The molecule has 0 aliphatic heterocycles. The number of ether oxygens (including phenoxy) is 1. The third-order valence-corrected chi connectivity index (χ3v) is 3.07. The van der Waals surface area contributed by atoms with Crippen molar-refractivity contribution >= 4 is 5.69 Å². The minimum absolute atomic E-state index is 0.197. The first-order valence-corrected chi connectivity index (χ1v) is 6.94. The molecule has 0 fully saturated rings. The molecule has 108 valence electrons. The Balaban J connectivity index is 2.64. The highest BCUT2D eigenvalue weighted by molar-refractivity contribution is 5.46. The van der Waals surface area contributed by atoms with Gasteiger partial charge in [0, 0.05) is 31.9 Å². The van der Waals surface area contributed by atoms with Crippen molar-refractivity contribution in [3.05, 3.63) is 30.1 Å². The van der Waals surface area contributed by atoms with Gasteiger partial charge in [-0.1, -0.05) is 6.92 Å². The van der Waals surface area contributed by atoms with Crippen molar-refractivity contribution in [1.82, 2.24) is 5.32 Å². The molecular weight excluding hydrogens is 243 g/mol. The summed E-state index contributed by atoms with van der Waals surface area (Å²) < 4.78 is 18.2. The maximum Gasteiger partial charge on any atom is 0.123 e. The first-order chi connectivity index (χ1) is 9.21. The van der Waals surface area contributed by atoms with Gasteiger partial charge in [-0.3, -0.25) is 0 Å². The standard InChI is InChI=1S/C15H25FN2O/c1-4-10-17-14(12-19-3)11-18(5-2)15-8-6-13(16)7-9-15/h6-9,14,17H,4-5,10-12H2,1-3H3. The van der Waals surface area contributed by atoms with Crippen LogP contribution in [0.2, 0.25) is 0 Å². The molecule has 19 heavy (non-hydrogen) atoms. The van der Waals surface area contributed by atoms with E-state index in [2.05, 4.69) is 24.1 Å². The van der Waals surface area contributed by atoms with Crippen LogP contribution < -0.4 is 10.2 Å². The third-order valence-electron chi connectivity index (χ3n) is 3.07. The smallest absolute Gasteiger partial charge is 0.123 e. The fraction of sp³-hybridized carbons (Fsp3) is 0.600. The summed E-state index contributed by atoms with van der Waals surface area (Å²) in [7, 11) is 1.72. The zero-order valence-corrected chi connectivity index (χ0v) is 12.2. The van der Waals surface area contributed by atoms with E-state index in [0.29, 0.717) is 6.61 Å². The number of halogens is 1. The molecule has 3 nitrogen and oxygen atoms in total. The molecule has 1 unspecified atom stereocenters. The molecule has 1 rings (SSSR count). The van der Waals surface area contributed by atoms with Crippen LogP contribution in [-0.2, 0) is 4.74 Å². The number of rotatable bonds is 9. The van der Waals surface area contributed by atoms with Crippen LogP contribution in [0.4, 0.5) is 10.1 Å². The molecule has 0 aliphatic carbocycles. The van der Waals surface area contributed by atoms with E-state index in [1.807, 2.05) is 12.1 Å². The van der Waals surface area contributed by atoms with Crippen molar-refractivity contribution in [2.24, 2.45) is 0 Å². The fourth-order valence-corrected chi connectivity index (χ4v) is 2.06. The molecule has 0 bridgehead atoms. The van der Waals surface area contributed by atoms with Gasteiger partial charge in [0.25, 0.3) is 0 Å². The summed E-state index contributed by atoms with van der Waals surface area (Å²) in [6.45, 7) is 7.66. The van der Waals surface area contributed by atoms with Gasteiger partial charge in [0.1, 0.15) is 5.82 Å². The average molecular weight is 268 g/mol. The van der Waals surface area contributed by atoms with Crippen LogP contribution >= 0.6 is 0 Å². The largest absolute Gasteiger partial charge is 0.383 e. The number of nitrogens with zero attached hydrogens (tertiary/aromatic N) is 1. The molecule has 0 aliphatic rings. The molecule has 1 aromatic carbocycles. The third kappa shape index (κ3) is 5.57. The van der Waals surface area contributed by atoms with Gasteiger partial charge in [-0.2, -0.15) is 0 Å². The molecule has 1 aromatic rings.